The Hall–Kier alpha value is -1.83. The lowest BCUT2D eigenvalue weighted by molar-refractivity contribution is -0.137. The molecule has 0 atom stereocenters. The van der Waals surface area contributed by atoms with Crippen molar-refractivity contribution in [2.75, 3.05) is 18.5 Å². The van der Waals surface area contributed by atoms with Gasteiger partial charge in [-0.3, -0.25) is 0 Å². The van der Waals surface area contributed by atoms with Crippen LogP contribution in [0.15, 0.2) is 18.2 Å². The first-order valence-corrected chi connectivity index (χ1v) is 7.38. The average Bonchev–Trinajstić information content (AvgIpc) is 3.29. The molecule has 128 valence electrons. The summed E-state index contributed by atoms with van der Waals surface area (Å²) in [4.78, 5) is 13.7. The van der Waals surface area contributed by atoms with Crippen molar-refractivity contribution in [2.24, 2.45) is 0 Å². The fourth-order valence-corrected chi connectivity index (χ4v) is 2.21. The Kier molecular flexibility index (Phi) is 5.46. The third kappa shape index (κ3) is 4.82. The number of rotatable bonds is 6. The van der Waals surface area contributed by atoms with E-state index in [1.807, 2.05) is 0 Å². The molecule has 0 bridgehead atoms. The molecule has 1 aliphatic carbocycles. The predicted octanol–water partition coefficient (Wildman–Crippen LogP) is 3.61. The number of nitrogens with one attached hydrogen (secondary N) is 1. The molecule has 1 saturated carbocycles. The minimum atomic E-state index is -4.61. The zero-order valence-electron chi connectivity index (χ0n) is 12.4. The molecule has 2 N–H and O–H groups in total. The van der Waals surface area contributed by atoms with Gasteiger partial charge >= 0.3 is 12.2 Å². The first-order valence-electron chi connectivity index (χ1n) is 7.38. The lowest BCUT2D eigenvalue weighted by atomic mass is 10.2. The Bertz CT molecular complexity index is 559. The lowest BCUT2D eigenvalue weighted by Gasteiger charge is -2.23. The van der Waals surface area contributed by atoms with Crippen LogP contribution in [0.5, 0.6) is 0 Å². The topological polar surface area (TPSA) is 52.6 Å². The van der Waals surface area contributed by atoms with Crippen molar-refractivity contribution in [2.45, 2.75) is 37.9 Å². The normalized spacial score (nSPS) is 14.7. The van der Waals surface area contributed by atoms with Gasteiger partial charge in [-0.25, -0.2) is 9.18 Å². The molecule has 0 unspecified atom stereocenters. The number of carbonyl (C=O) groups is 1. The number of amides is 2. The van der Waals surface area contributed by atoms with Gasteiger partial charge in [-0.15, -0.1) is 0 Å². The molecule has 0 aromatic heterocycles. The second-order valence-corrected chi connectivity index (χ2v) is 5.48. The molecule has 1 aliphatic rings. The number of halogens is 4. The van der Waals surface area contributed by atoms with Crippen molar-refractivity contribution in [1.29, 1.82) is 0 Å². The minimum Gasteiger partial charge on any atom is -0.396 e. The van der Waals surface area contributed by atoms with Crippen LogP contribution in [-0.4, -0.2) is 35.2 Å². The summed E-state index contributed by atoms with van der Waals surface area (Å²) in [6.07, 6.45) is -1.88. The Morgan fingerprint density at radius 3 is 2.57 bits per heavy atom. The number of anilines is 1. The van der Waals surface area contributed by atoms with Gasteiger partial charge in [-0.05, 0) is 43.9 Å². The van der Waals surface area contributed by atoms with E-state index in [0.29, 0.717) is 37.6 Å². The molecule has 2 rings (SSSR count). The first kappa shape index (κ1) is 17.5. The number of alkyl halides is 3. The molecule has 1 fully saturated rings. The van der Waals surface area contributed by atoms with E-state index in [-0.39, 0.29) is 12.6 Å². The molecule has 0 radical (unpaired) electrons. The van der Waals surface area contributed by atoms with Gasteiger partial charge in [0.25, 0.3) is 0 Å². The lowest BCUT2D eigenvalue weighted by Crippen LogP contribution is -2.37. The van der Waals surface area contributed by atoms with Crippen LogP contribution in [0.25, 0.3) is 0 Å². The van der Waals surface area contributed by atoms with E-state index < -0.39 is 29.3 Å². The molecule has 4 nitrogen and oxygen atoms in total. The van der Waals surface area contributed by atoms with Crippen molar-refractivity contribution in [3.8, 4) is 0 Å². The smallest absolute Gasteiger partial charge is 0.396 e. The molecule has 2 amide bonds. The quantitative estimate of drug-likeness (QED) is 0.617. The number of urea groups is 1. The maximum absolute atomic E-state index is 13.7. The SMILES string of the molecule is O=C(Nc1cc(C(F)(F)F)ccc1F)N(CCCCO)C1CC1. The molecule has 0 heterocycles. The molecular weight excluding hydrogens is 316 g/mol. The van der Waals surface area contributed by atoms with E-state index in [1.54, 1.807) is 0 Å². The van der Waals surface area contributed by atoms with E-state index in [9.17, 15) is 22.4 Å². The van der Waals surface area contributed by atoms with Gasteiger partial charge in [0.15, 0.2) is 0 Å². The molecule has 1 aromatic rings. The van der Waals surface area contributed by atoms with Crippen LogP contribution in [0.2, 0.25) is 0 Å². The van der Waals surface area contributed by atoms with Crippen LogP contribution in [0.3, 0.4) is 0 Å². The van der Waals surface area contributed by atoms with Gasteiger partial charge in [0.2, 0.25) is 0 Å². The number of aliphatic hydroxyl groups is 1. The highest BCUT2D eigenvalue weighted by atomic mass is 19.4. The zero-order chi connectivity index (χ0) is 17.0. The monoisotopic (exact) mass is 334 g/mol. The summed E-state index contributed by atoms with van der Waals surface area (Å²) in [7, 11) is 0. The fourth-order valence-electron chi connectivity index (χ4n) is 2.21. The highest BCUT2D eigenvalue weighted by Gasteiger charge is 2.34. The van der Waals surface area contributed by atoms with Crippen LogP contribution >= 0.6 is 0 Å². The van der Waals surface area contributed by atoms with Crippen molar-refractivity contribution < 1.29 is 27.5 Å². The van der Waals surface area contributed by atoms with Gasteiger partial charge in [0, 0.05) is 19.2 Å². The third-order valence-electron chi connectivity index (χ3n) is 3.59. The average molecular weight is 334 g/mol. The summed E-state index contributed by atoms with van der Waals surface area (Å²) < 4.78 is 51.7. The second-order valence-electron chi connectivity index (χ2n) is 5.48. The summed E-state index contributed by atoms with van der Waals surface area (Å²) in [5.74, 6) is -0.919. The van der Waals surface area contributed by atoms with Gasteiger partial charge in [0.05, 0.1) is 11.3 Å². The number of hydrogen-bond donors (Lipinski definition) is 2. The van der Waals surface area contributed by atoms with E-state index >= 15 is 0 Å². The highest BCUT2D eigenvalue weighted by molar-refractivity contribution is 5.90. The molecule has 23 heavy (non-hydrogen) atoms. The number of nitrogens with zero attached hydrogens (tertiary/aromatic N) is 1. The summed E-state index contributed by atoms with van der Waals surface area (Å²) in [5, 5.41) is 11.0. The number of aliphatic hydroxyl groups excluding tert-OH is 1. The zero-order valence-corrected chi connectivity index (χ0v) is 12.4. The maximum atomic E-state index is 13.7. The van der Waals surface area contributed by atoms with E-state index in [2.05, 4.69) is 5.32 Å². The summed E-state index contributed by atoms with van der Waals surface area (Å²) in [6.45, 7) is 0.375. The van der Waals surface area contributed by atoms with Crippen molar-refractivity contribution >= 4 is 11.7 Å². The van der Waals surface area contributed by atoms with Gasteiger partial charge < -0.3 is 15.3 Å². The van der Waals surface area contributed by atoms with E-state index in [4.69, 9.17) is 5.11 Å². The van der Waals surface area contributed by atoms with Crippen LogP contribution in [-0.2, 0) is 6.18 Å². The number of carbonyl (C=O) groups excluding carboxylic acids is 1. The molecular formula is C15H18F4N2O2. The van der Waals surface area contributed by atoms with Crippen LogP contribution in [0, 0.1) is 5.82 Å². The second kappa shape index (κ2) is 7.16. The number of hydrogen-bond acceptors (Lipinski definition) is 2. The molecule has 0 saturated heterocycles. The molecule has 1 aromatic carbocycles. The largest absolute Gasteiger partial charge is 0.416 e. The Balaban J connectivity index is 2.08. The van der Waals surface area contributed by atoms with Gasteiger partial charge in [-0.2, -0.15) is 13.2 Å². The summed E-state index contributed by atoms with van der Waals surface area (Å²) >= 11 is 0. The van der Waals surface area contributed by atoms with E-state index in [1.165, 1.54) is 4.90 Å². The predicted molar refractivity (Wildman–Crippen MR) is 76.5 cm³/mol. The van der Waals surface area contributed by atoms with Crippen LogP contribution in [0.1, 0.15) is 31.2 Å². The summed E-state index contributed by atoms with van der Waals surface area (Å²) in [5.41, 5.74) is -1.51. The van der Waals surface area contributed by atoms with Crippen LogP contribution in [0.4, 0.5) is 28.0 Å². The third-order valence-corrected chi connectivity index (χ3v) is 3.59. The van der Waals surface area contributed by atoms with Gasteiger partial charge in [0.1, 0.15) is 5.82 Å². The fraction of sp³-hybridized carbons (Fsp3) is 0.533. The molecule has 8 heteroatoms. The van der Waals surface area contributed by atoms with Gasteiger partial charge in [-0.1, -0.05) is 0 Å². The van der Waals surface area contributed by atoms with E-state index in [0.717, 1.165) is 12.8 Å². The van der Waals surface area contributed by atoms with Crippen molar-refractivity contribution in [3.63, 3.8) is 0 Å². The summed E-state index contributed by atoms with van der Waals surface area (Å²) in [6, 6.07) is 1.31. The molecule has 0 aliphatic heterocycles. The van der Waals surface area contributed by atoms with Crippen LogP contribution < -0.4 is 5.32 Å². The Morgan fingerprint density at radius 1 is 1.30 bits per heavy atom. The van der Waals surface area contributed by atoms with Crippen molar-refractivity contribution in [3.05, 3.63) is 29.6 Å². The highest BCUT2D eigenvalue weighted by Crippen LogP contribution is 2.32. The molecule has 0 spiro atoms. The number of unbranched alkanes of at least 4 members (excludes halogenated alkanes) is 1. The minimum absolute atomic E-state index is 0.00236. The Labute approximate surface area is 131 Å². The maximum Gasteiger partial charge on any atom is 0.416 e. The Morgan fingerprint density at radius 2 is 2.00 bits per heavy atom. The number of benzene rings is 1. The van der Waals surface area contributed by atoms with Crippen molar-refractivity contribution in [1.82, 2.24) is 4.90 Å². The standard InChI is InChI=1S/C15H18F4N2O2/c16-12-6-3-10(15(17,18)19)9-13(12)20-14(23)21(11-4-5-11)7-1-2-8-22/h3,6,9,11,22H,1-2,4-5,7-8H2,(H,20,23). The first-order chi connectivity index (χ1) is 10.8.